The molecule has 0 unspecified atom stereocenters. The summed E-state index contributed by atoms with van der Waals surface area (Å²) < 4.78 is 10.5. The second kappa shape index (κ2) is 7.42. The van der Waals surface area contributed by atoms with Crippen molar-refractivity contribution >= 4 is 0 Å². The van der Waals surface area contributed by atoms with Crippen LogP contribution >= 0.6 is 0 Å². The number of oxazole rings is 1. The third-order valence-electron chi connectivity index (χ3n) is 2.70. The third kappa shape index (κ3) is 5.30. The molecule has 0 saturated carbocycles. The van der Waals surface area contributed by atoms with Gasteiger partial charge in [-0.05, 0) is 20.9 Å². The van der Waals surface area contributed by atoms with Crippen LogP contribution in [0.25, 0.3) is 0 Å². The quantitative estimate of drug-likeness (QED) is 0.687. The minimum atomic E-state index is 0.687. The summed E-state index contributed by atoms with van der Waals surface area (Å²) in [5.41, 5.74) is 0.971. The number of likely N-dealkylation sites (N-methyl/N-ethyl adjacent to an activating group) is 1. The maximum Gasteiger partial charge on any atom is 0.208 e. The van der Waals surface area contributed by atoms with Crippen LogP contribution in [0.3, 0.4) is 0 Å². The number of hydrogen-bond acceptors (Lipinski definition) is 5. The summed E-state index contributed by atoms with van der Waals surface area (Å²) >= 11 is 0. The smallest absolute Gasteiger partial charge is 0.208 e. The zero-order valence-electron chi connectivity index (χ0n) is 11.2. The van der Waals surface area contributed by atoms with E-state index in [9.17, 15) is 0 Å². The minimum Gasteiger partial charge on any atom is -0.444 e. The van der Waals surface area contributed by atoms with Gasteiger partial charge in [0.25, 0.3) is 0 Å². The number of methoxy groups -OCH3 is 1. The van der Waals surface area contributed by atoms with Gasteiger partial charge in [0.2, 0.25) is 5.89 Å². The standard InChI is InChI=1S/C12H23N3O2/c1-10-11(2)17-12(14-10)9-13-5-6-15(3)7-8-16-4/h13H,5-9H2,1-4H3. The highest BCUT2D eigenvalue weighted by Crippen LogP contribution is 2.07. The SMILES string of the molecule is COCCN(C)CCNCc1nc(C)c(C)o1. The van der Waals surface area contributed by atoms with Crippen LogP contribution in [0.5, 0.6) is 0 Å². The van der Waals surface area contributed by atoms with E-state index < -0.39 is 0 Å². The highest BCUT2D eigenvalue weighted by Gasteiger charge is 2.04. The maximum atomic E-state index is 5.48. The highest BCUT2D eigenvalue weighted by molar-refractivity contribution is 5.04. The van der Waals surface area contributed by atoms with Crippen molar-refractivity contribution < 1.29 is 9.15 Å². The first-order valence-electron chi connectivity index (χ1n) is 5.94. The second-order valence-electron chi connectivity index (χ2n) is 4.22. The van der Waals surface area contributed by atoms with E-state index in [1.165, 1.54) is 0 Å². The molecule has 0 fully saturated rings. The first-order valence-corrected chi connectivity index (χ1v) is 5.94. The molecule has 17 heavy (non-hydrogen) atoms. The van der Waals surface area contributed by atoms with Crippen molar-refractivity contribution in [3.8, 4) is 0 Å². The van der Waals surface area contributed by atoms with Gasteiger partial charge in [0.15, 0.2) is 0 Å². The van der Waals surface area contributed by atoms with Crippen LogP contribution in [-0.4, -0.2) is 50.3 Å². The van der Waals surface area contributed by atoms with Crippen molar-refractivity contribution in [2.24, 2.45) is 0 Å². The van der Waals surface area contributed by atoms with Crippen LogP contribution in [0.15, 0.2) is 4.42 Å². The Morgan fingerprint density at radius 1 is 1.35 bits per heavy atom. The fourth-order valence-electron chi connectivity index (χ4n) is 1.44. The summed E-state index contributed by atoms with van der Waals surface area (Å²) in [6, 6.07) is 0. The number of ether oxygens (including phenoxy) is 1. The van der Waals surface area contributed by atoms with E-state index in [0.29, 0.717) is 6.54 Å². The predicted molar refractivity (Wildman–Crippen MR) is 67.1 cm³/mol. The molecule has 0 amide bonds. The molecule has 0 bridgehead atoms. The second-order valence-corrected chi connectivity index (χ2v) is 4.22. The zero-order chi connectivity index (χ0) is 12.7. The Kier molecular flexibility index (Phi) is 6.18. The molecule has 1 heterocycles. The van der Waals surface area contributed by atoms with E-state index in [1.807, 2.05) is 13.8 Å². The van der Waals surface area contributed by atoms with E-state index in [-0.39, 0.29) is 0 Å². The molecule has 0 aliphatic carbocycles. The van der Waals surface area contributed by atoms with E-state index in [0.717, 1.165) is 43.6 Å². The lowest BCUT2D eigenvalue weighted by atomic mass is 10.4. The van der Waals surface area contributed by atoms with Gasteiger partial charge in [0.05, 0.1) is 18.8 Å². The van der Waals surface area contributed by atoms with Gasteiger partial charge >= 0.3 is 0 Å². The summed E-state index contributed by atoms with van der Waals surface area (Å²) in [4.78, 5) is 6.54. The van der Waals surface area contributed by atoms with Crippen LogP contribution in [0.2, 0.25) is 0 Å². The number of rotatable bonds is 8. The largest absolute Gasteiger partial charge is 0.444 e. The molecule has 5 heteroatoms. The highest BCUT2D eigenvalue weighted by atomic mass is 16.5. The van der Waals surface area contributed by atoms with Gasteiger partial charge in [-0.1, -0.05) is 0 Å². The van der Waals surface area contributed by atoms with Gasteiger partial charge in [-0.15, -0.1) is 0 Å². The number of nitrogens with zero attached hydrogens (tertiary/aromatic N) is 2. The Morgan fingerprint density at radius 2 is 2.12 bits per heavy atom. The number of aryl methyl sites for hydroxylation is 2. The maximum absolute atomic E-state index is 5.48. The minimum absolute atomic E-state index is 0.687. The lowest BCUT2D eigenvalue weighted by molar-refractivity contribution is 0.161. The molecule has 5 nitrogen and oxygen atoms in total. The summed E-state index contributed by atoms with van der Waals surface area (Å²) in [5.74, 6) is 1.67. The Labute approximate surface area is 103 Å². The van der Waals surface area contributed by atoms with Crippen LogP contribution in [-0.2, 0) is 11.3 Å². The lowest BCUT2D eigenvalue weighted by Gasteiger charge is -2.15. The number of aromatic nitrogens is 1. The molecule has 1 rings (SSSR count). The first-order chi connectivity index (χ1) is 8.13. The predicted octanol–water partition coefficient (Wildman–Crippen LogP) is 0.959. The Balaban J connectivity index is 2.11. The van der Waals surface area contributed by atoms with Crippen LogP contribution in [0, 0.1) is 13.8 Å². The van der Waals surface area contributed by atoms with Crippen molar-refractivity contribution in [2.75, 3.05) is 40.4 Å². The lowest BCUT2D eigenvalue weighted by Crippen LogP contribution is -2.31. The molecular weight excluding hydrogens is 218 g/mol. The number of hydrogen-bond donors (Lipinski definition) is 1. The molecule has 1 aromatic rings. The molecular formula is C12H23N3O2. The molecule has 0 atom stereocenters. The summed E-state index contributed by atoms with van der Waals surface area (Å²) in [7, 11) is 3.81. The van der Waals surface area contributed by atoms with Crippen molar-refractivity contribution in [3.63, 3.8) is 0 Å². The van der Waals surface area contributed by atoms with Crippen molar-refractivity contribution in [1.82, 2.24) is 15.2 Å². The molecule has 1 N–H and O–H groups in total. The Bertz CT molecular complexity index is 306. The van der Waals surface area contributed by atoms with Crippen LogP contribution < -0.4 is 5.32 Å². The fourth-order valence-corrected chi connectivity index (χ4v) is 1.44. The van der Waals surface area contributed by atoms with E-state index in [2.05, 4.69) is 22.2 Å². The van der Waals surface area contributed by atoms with Gasteiger partial charge in [-0.3, -0.25) is 0 Å². The zero-order valence-corrected chi connectivity index (χ0v) is 11.2. The molecule has 0 radical (unpaired) electrons. The topological polar surface area (TPSA) is 50.5 Å². The first kappa shape index (κ1) is 14.2. The molecule has 0 spiro atoms. The normalized spacial score (nSPS) is 11.4. The van der Waals surface area contributed by atoms with Crippen molar-refractivity contribution in [1.29, 1.82) is 0 Å². The van der Waals surface area contributed by atoms with Crippen LogP contribution in [0.1, 0.15) is 17.3 Å². The van der Waals surface area contributed by atoms with E-state index in [1.54, 1.807) is 7.11 Å². The van der Waals surface area contributed by atoms with Gasteiger partial charge in [0.1, 0.15) is 5.76 Å². The fraction of sp³-hybridized carbons (Fsp3) is 0.750. The van der Waals surface area contributed by atoms with Gasteiger partial charge in [-0.2, -0.15) is 0 Å². The van der Waals surface area contributed by atoms with Crippen LogP contribution in [0.4, 0.5) is 0 Å². The van der Waals surface area contributed by atoms with Gasteiger partial charge in [-0.25, -0.2) is 4.98 Å². The van der Waals surface area contributed by atoms with E-state index in [4.69, 9.17) is 9.15 Å². The number of nitrogens with one attached hydrogen (secondary N) is 1. The summed E-state index contributed by atoms with van der Waals surface area (Å²) in [6.07, 6.45) is 0. The average Bonchev–Trinajstić information content (AvgIpc) is 2.61. The van der Waals surface area contributed by atoms with Crippen molar-refractivity contribution in [3.05, 3.63) is 17.3 Å². The Hall–Kier alpha value is -0.910. The monoisotopic (exact) mass is 241 g/mol. The Morgan fingerprint density at radius 3 is 2.71 bits per heavy atom. The van der Waals surface area contributed by atoms with Gasteiger partial charge < -0.3 is 19.4 Å². The molecule has 1 aromatic heterocycles. The summed E-state index contributed by atoms with van der Waals surface area (Å²) in [6.45, 7) is 8.21. The molecule has 98 valence electrons. The van der Waals surface area contributed by atoms with Crippen molar-refractivity contribution in [2.45, 2.75) is 20.4 Å². The molecule has 0 saturated heterocycles. The molecule has 0 aliphatic rings. The average molecular weight is 241 g/mol. The van der Waals surface area contributed by atoms with E-state index >= 15 is 0 Å². The molecule has 0 aliphatic heterocycles. The third-order valence-corrected chi connectivity index (χ3v) is 2.70. The molecule has 0 aromatic carbocycles. The van der Waals surface area contributed by atoms with Gasteiger partial charge in [0, 0.05) is 26.7 Å². The summed E-state index contributed by atoms with van der Waals surface area (Å²) in [5, 5.41) is 3.31.